The Morgan fingerprint density at radius 3 is 2.71 bits per heavy atom. The van der Waals surface area contributed by atoms with E-state index in [9.17, 15) is 9.59 Å². The number of carboxylic acid groups (broad SMARTS) is 1. The van der Waals surface area contributed by atoms with Crippen LogP contribution in [0.25, 0.3) is 0 Å². The average Bonchev–Trinajstić information content (AvgIpc) is 2.15. The Morgan fingerprint density at radius 1 is 1.57 bits per heavy atom. The first-order chi connectivity index (χ1) is 6.57. The first kappa shape index (κ1) is 12.9. The van der Waals surface area contributed by atoms with E-state index < -0.39 is 5.97 Å². The minimum absolute atomic E-state index is 0.147. The predicted octanol–water partition coefficient (Wildman–Crippen LogP) is -1.20. The van der Waals surface area contributed by atoms with E-state index in [2.05, 4.69) is 5.32 Å². The van der Waals surface area contributed by atoms with Gasteiger partial charge in [-0.25, -0.2) is 4.79 Å². The van der Waals surface area contributed by atoms with Crippen molar-refractivity contribution >= 4 is 11.9 Å². The molecule has 0 aliphatic rings. The summed E-state index contributed by atoms with van der Waals surface area (Å²) in [5.74, 6) is -1.40. The Kier molecular flexibility index (Phi) is 6.69. The molecule has 0 saturated carbocycles. The molecular weight excluding hydrogens is 188 g/mol. The minimum atomic E-state index is -1.02. The third kappa shape index (κ3) is 6.38. The normalized spacial score (nSPS) is 12.1. The zero-order valence-corrected chi connectivity index (χ0v) is 8.16. The molecule has 0 fully saturated rings. The maximum Gasteiger partial charge on any atom is 0.329 e. The van der Waals surface area contributed by atoms with Crippen LogP contribution in [0.1, 0.15) is 6.92 Å². The van der Waals surface area contributed by atoms with Crippen molar-refractivity contribution in [3.63, 3.8) is 0 Å². The van der Waals surface area contributed by atoms with Crippen LogP contribution in [0.4, 0.5) is 0 Å². The fourth-order valence-electron chi connectivity index (χ4n) is 0.687. The van der Waals surface area contributed by atoms with Crippen LogP contribution >= 0.6 is 0 Å². The summed E-state index contributed by atoms with van der Waals surface area (Å²) in [6, 6.07) is 0. The zero-order valence-electron chi connectivity index (χ0n) is 8.16. The quantitative estimate of drug-likeness (QED) is 0.452. The molecule has 0 saturated heterocycles. The summed E-state index contributed by atoms with van der Waals surface area (Å²) < 4.78 is 4.71. The molecule has 1 amide bonds. The molecule has 82 valence electrons. The SMILES string of the molecule is CC(CN)C(=O)NCCOCC(=O)O. The number of rotatable bonds is 7. The third-order valence-electron chi connectivity index (χ3n) is 1.57. The van der Waals surface area contributed by atoms with Gasteiger partial charge in [-0.15, -0.1) is 0 Å². The lowest BCUT2D eigenvalue weighted by Crippen LogP contribution is -2.35. The van der Waals surface area contributed by atoms with Crippen molar-refractivity contribution < 1.29 is 19.4 Å². The molecule has 0 rings (SSSR count). The largest absolute Gasteiger partial charge is 0.480 e. The molecule has 1 unspecified atom stereocenters. The molecule has 14 heavy (non-hydrogen) atoms. The van der Waals surface area contributed by atoms with E-state index in [-0.39, 0.29) is 25.0 Å². The number of nitrogens with two attached hydrogens (primary N) is 1. The maximum absolute atomic E-state index is 11.1. The Balaban J connectivity index is 3.36. The van der Waals surface area contributed by atoms with Crippen molar-refractivity contribution in [2.24, 2.45) is 11.7 Å². The molecule has 0 bridgehead atoms. The lowest BCUT2D eigenvalue weighted by Gasteiger charge is -2.09. The van der Waals surface area contributed by atoms with Crippen molar-refractivity contribution in [2.75, 3.05) is 26.3 Å². The molecular formula is C8H16N2O4. The Labute approximate surface area is 82.4 Å². The van der Waals surface area contributed by atoms with Gasteiger partial charge in [0.15, 0.2) is 0 Å². The molecule has 0 aromatic rings. The number of carbonyl (C=O) groups excluding carboxylic acids is 1. The van der Waals surface area contributed by atoms with Gasteiger partial charge < -0.3 is 20.9 Å². The van der Waals surface area contributed by atoms with E-state index >= 15 is 0 Å². The molecule has 0 aliphatic heterocycles. The van der Waals surface area contributed by atoms with Crippen molar-refractivity contribution in [1.29, 1.82) is 0 Å². The van der Waals surface area contributed by atoms with Crippen LogP contribution in [0.15, 0.2) is 0 Å². The van der Waals surface area contributed by atoms with Gasteiger partial charge in [-0.05, 0) is 0 Å². The summed E-state index contributed by atoms with van der Waals surface area (Å²) in [5, 5.41) is 10.8. The van der Waals surface area contributed by atoms with Crippen LogP contribution in [0.2, 0.25) is 0 Å². The molecule has 0 spiro atoms. The van der Waals surface area contributed by atoms with Gasteiger partial charge in [0.05, 0.1) is 6.61 Å². The molecule has 0 radical (unpaired) electrons. The number of hydrogen-bond acceptors (Lipinski definition) is 4. The summed E-state index contributed by atoms with van der Waals surface area (Å²) in [6.07, 6.45) is 0. The average molecular weight is 204 g/mol. The van der Waals surface area contributed by atoms with Crippen molar-refractivity contribution in [1.82, 2.24) is 5.32 Å². The maximum atomic E-state index is 11.1. The van der Waals surface area contributed by atoms with Crippen molar-refractivity contribution in [3.8, 4) is 0 Å². The molecule has 0 aromatic heterocycles. The molecule has 6 nitrogen and oxygen atoms in total. The summed E-state index contributed by atoms with van der Waals surface area (Å²) in [6.45, 7) is 2.16. The molecule has 4 N–H and O–H groups in total. The van der Waals surface area contributed by atoms with Gasteiger partial charge in [0.1, 0.15) is 6.61 Å². The summed E-state index contributed by atoms with van der Waals surface area (Å²) in [5.41, 5.74) is 5.27. The number of nitrogens with one attached hydrogen (secondary N) is 1. The van der Waals surface area contributed by atoms with E-state index in [4.69, 9.17) is 15.6 Å². The second-order valence-electron chi connectivity index (χ2n) is 2.87. The number of carbonyl (C=O) groups is 2. The number of amides is 1. The topological polar surface area (TPSA) is 102 Å². The van der Waals surface area contributed by atoms with Crippen LogP contribution < -0.4 is 11.1 Å². The molecule has 0 aliphatic carbocycles. The number of aliphatic carboxylic acids is 1. The molecule has 6 heteroatoms. The van der Waals surface area contributed by atoms with Gasteiger partial charge in [-0.2, -0.15) is 0 Å². The van der Waals surface area contributed by atoms with Gasteiger partial charge in [0.2, 0.25) is 5.91 Å². The highest BCUT2D eigenvalue weighted by Crippen LogP contribution is 1.89. The van der Waals surface area contributed by atoms with Crippen LogP contribution in [0.3, 0.4) is 0 Å². The highest BCUT2D eigenvalue weighted by molar-refractivity contribution is 5.78. The van der Waals surface area contributed by atoms with E-state index in [1.807, 2.05) is 0 Å². The van der Waals surface area contributed by atoms with E-state index in [1.54, 1.807) is 6.92 Å². The molecule has 0 heterocycles. The fraction of sp³-hybridized carbons (Fsp3) is 0.750. The fourth-order valence-corrected chi connectivity index (χ4v) is 0.687. The summed E-state index contributed by atoms with van der Waals surface area (Å²) in [4.78, 5) is 21.1. The first-order valence-electron chi connectivity index (χ1n) is 4.35. The number of ether oxygens (including phenoxy) is 1. The van der Waals surface area contributed by atoms with Gasteiger partial charge in [0, 0.05) is 19.0 Å². The monoisotopic (exact) mass is 204 g/mol. The van der Waals surface area contributed by atoms with Gasteiger partial charge in [-0.1, -0.05) is 6.92 Å². The summed E-state index contributed by atoms with van der Waals surface area (Å²) in [7, 11) is 0. The van der Waals surface area contributed by atoms with Gasteiger partial charge in [0.25, 0.3) is 0 Å². The van der Waals surface area contributed by atoms with Crippen LogP contribution in [-0.2, 0) is 14.3 Å². The van der Waals surface area contributed by atoms with Gasteiger partial charge in [-0.3, -0.25) is 4.79 Å². The van der Waals surface area contributed by atoms with Gasteiger partial charge >= 0.3 is 5.97 Å². The lowest BCUT2D eigenvalue weighted by atomic mass is 10.2. The zero-order chi connectivity index (χ0) is 11.0. The third-order valence-corrected chi connectivity index (χ3v) is 1.57. The smallest absolute Gasteiger partial charge is 0.329 e. The Morgan fingerprint density at radius 2 is 2.21 bits per heavy atom. The van der Waals surface area contributed by atoms with E-state index in [0.29, 0.717) is 13.1 Å². The number of hydrogen-bond donors (Lipinski definition) is 3. The highest BCUT2D eigenvalue weighted by Gasteiger charge is 2.09. The summed E-state index contributed by atoms with van der Waals surface area (Å²) >= 11 is 0. The first-order valence-corrected chi connectivity index (χ1v) is 4.35. The minimum Gasteiger partial charge on any atom is -0.480 e. The lowest BCUT2D eigenvalue weighted by molar-refractivity contribution is -0.142. The Hall–Kier alpha value is -1.14. The van der Waals surface area contributed by atoms with Crippen molar-refractivity contribution in [3.05, 3.63) is 0 Å². The van der Waals surface area contributed by atoms with Crippen molar-refractivity contribution in [2.45, 2.75) is 6.92 Å². The molecule has 1 atom stereocenters. The van der Waals surface area contributed by atoms with Crippen LogP contribution in [0.5, 0.6) is 0 Å². The standard InChI is InChI=1S/C8H16N2O4/c1-6(4-9)8(13)10-2-3-14-5-7(11)12/h6H,2-5,9H2,1H3,(H,10,13)(H,11,12). The van der Waals surface area contributed by atoms with Crippen LogP contribution in [0, 0.1) is 5.92 Å². The number of carboxylic acids is 1. The Bertz CT molecular complexity index is 196. The highest BCUT2D eigenvalue weighted by atomic mass is 16.5. The van der Waals surface area contributed by atoms with E-state index in [1.165, 1.54) is 0 Å². The second kappa shape index (κ2) is 7.28. The predicted molar refractivity (Wildman–Crippen MR) is 49.7 cm³/mol. The second-order valence-corrected chi connectivity index (χ2v) is 2.87. The van der Waals surface area contributed by atoms with E-state index in [0.717, 1.165) is 0 Å². The molecule has 0 aromatic carbocycles. The van der Waals surface area contributed by atoms with Crippen LogP contribution in [-0.4, -0.2) is 43.3 Å².